The molecular weight excluding hydrogens is 236 g/mol. The van der Waals surface area contributed by atoms with E-state index in [1.807, 2.05) is 0 Å². The van der Waals surface area contributed by atoms with Gasteiger partial charge in [-0.15, -0.1) is 0 Å². The molecule has 0 aliphatic carbocycles. The Hall–Kier alpha value is -1.06. The van der Waals surface area contributed by atoms with Gasteiger partial charge in [0.15, 0.2) is 6.10 Å². The molecule has 1 unspecified atom stereocenters. The maximum atomic E-state index is 5.48. The third kappa shape index (κ3) is 11.4. The first-order chi connectivity index (χ1) is 8.85. The van der Waals surface area contributed by atoms with Crippen molar-refractivity contribution >= 4 is 0 Å². The van der Waals surface area contributed by atoms with Gasteiger partial charge in [0, 0.05) is 0 Å². The predicted octanol–water partition coefficient (Wildman–Crippen LogP) is 2.23. The van der Waals surface area contributed by atoms with Gasteiger partial charge in [0.1, 0.15) is 13.2 Å². The van der Waals surface area contributed by atoms with Gasteiger partial charge in [0.2, 0.25) is 0 Å². The highest BCUT2D eigenvalue weighted by atomic mass is 17.2. The molecule has 0 aliphatic heterocycles. The van der Waals surface area contributed by atoms with Crippen molar-refractivity contribution in [3.8, 4) is 11.8 Å². The van der Waals surface area contributed by atoms with Crippen LogP contribution in [-0.4, -0.2) is 33.5 Å². The first-order valence-electron chi connectivity index (χ1n) is 5.95. The molecule has 0 N–H and O–H groups in total. The summed E-state index contributed by atoms with van der Waals surface area (Å²) in [4.78, 5) is 18.2. The van der Waals surface area contributed by atoms with Crippen molar-refractivity contribution in [2.45, 2.75) is 32.3 Å². The van der Waals surface area contributed by atoms with Crippen LogP contribution in [0.3, 0.4) is 0 Å². The molecule has 0 aliphatic rings. The zero-order valence-corrected chi connectivity index (χ0v) is 11.3. The maximum absolute atomic E-state index is 5.48. The van der Waals surface area contributed by atoms with E-state index in [0.717, 1.165) is 19.3 Å². The average molecular weight is 258 g/mol. The van der Waals surface area contributed by atoms with Gasteiger partial charge in [-0.3, -0.25) is 0 Å². The van der Waals surface area contributed by atoms with E-state index in [2.05, 4.69) is 38.3 Å². The zero-order chi connectivity index (χ0) is 13.5. The van der Waals surface area contributed by atoms with Crippen LogP contribution >= 0.6 is 0 Å². The molecule has 5 nitrogen and oxygen atoms in total. The molecule has 5 heteroatoms. The Morgan fingerprint density at radius 2 is 1.94 bits per heavy atom. The van der Waals surface area contributed by atoms with Gasteiger partial charge in [-0.05, 0) is 18.9 Å². The Morgan fingerprint density at radius 1 is 1.17 bits per heavy atom. The lowest BCUT2D eigenvalue weighted by atomic mass is 10.2. The van der Waals surface area contributed by atoms with Gasteiger partial charge >= 0.3 is 0 Å². The molecule has 0 aromatic carbocycles. The lowest BCUT2D eigenvalue weighted by Crippen LogP contribution is -2.07. The van der Waals surface area contributed by atoms with Crippen LogP contribution in [0.1, 0.15) is 26.2 Å². The standard InChI is InChI=1S/C13H22O5/c1-4-5-8-13(9-6-11-17-14-2)16-10-7-12-18-15-3/h7,10,13H,4-5,8,11-12H2,1-3H3/b10-7+. The minimum absolute atomic E-state index is 0.135. The van der Waals surface area contributed by atoms with Crippen LogP contribution in [0.15, 0.2) is 12.3 Å². The first kappa shape index (κ1) is 16.9. The van der Waals surface area contributed by atoms with Crippen LogP contribution in [0.2, 0.25) is 0 Å². The zero-order valence-electron chi connectivity index (χ0n) is 11.3. The molecule has 0 saturated carbocycles. The molecule has 0 saturated heterocycles. The number of hydrogen-bond donors (Lipinski definition) is 0. The summed E-state index contributed by atoms with van der Waals surface area (Å²) >= 11 is 0. The summed E-state index contributed by atoms with van der Waals surface area (Å²) in [6.45, 7) is 2.71. The van der Waals surface area contributed by atoms with Crippen LogP contribution in [0, 0.1) is 11.8 Å². The normalized spacial score (nSPS) is 12.2. The van der Waals surface area contributed by atoms with E-state index in [0.29, 0.717) is 6.61 Å². The van der Waals surface area contributed by atoms with Gasteiger partial charge in [-0.25, -0.2) is 19.6 Å². The van der Waals surface area contributed by atoms with Crippen LogP contribution in [-0.2, 0) is 24.3 Å². The van der Waals surface area contributed by atoms with E-state index in [4.69, 9.17) is 4.74 Å². The summed E-state index contributed by atoms with van der Waals surface area (Å²) in [6.07, 6.45) is 6.20. The summed E-state index contributed by atoms with van der Waals surface area (Å²) in [7, 11) is 2.91. The molecule has 0 heterocycles. The number of unbranched alkanes of at least 4 members (excludes halogenated alkanes) is 1. The van der Waals surface area contributed by atoms with E-state index in [1.165, 1.54) is 14.2 Å². The monoisotopic (exact) mass is 258 g/mol. The van der Waals surface area contributed by atoms with Gasteiger partial charge in [-0.1, -0.05) is 25.2 Å². The second-order valence-corrected chi connectivity index (χ2v) is 3.34. The Balaban J connectivity index is 3.95. The molecule has 104 valence electrons. The number of hydrogen-bond acceptors (Lipinski definition) is 5. The van der Waals surface area contributed by atoms with Crippen molar-refractivity contribution in [2.75, 3.05) is 27.4 Å². The fourth-order valence-electron chi connectivity index (χ4n) is 1.10. The molecule has 0 aromatic rings. The molecule has 0 radical (unpaired) electrons. The molecule has 0 aromatic heterocycles. The van der Waals surface area contributed by atoms with E-state index in [9.17, 15) is 0 Å². The highest BCUT2D eigenvalue weighted by Crippen LogP contribution is 2.04. The smallest absolute Gasteiger partial charge is 0.158 e. The van der Waals surface area contributed by atoms with E-state index in [-0.39, 0.29) is 12.7 Å². The Kier molecular flexibility index (Phi) is 13.2. The average Bonchev–Trinajstić information content (AvgIpc) is 2.39. The van der Waals surface area contributed by atoms with Crippen molar-refractivity contribution in [3.05, 3.63) is 12.3 Å². The second kappa shape index (κ2) is 14.0. The van der Waals surface area contributed by atoms with Crippen LogP contribution in [0.25, 0.3) is 0 Å². The predicted molar refractivity (Wildman–Crippen MR) is 67.2 cm³/mol. The van der Waals surface area contributed by atoms with Crippen LogP contribution < -0.4 is 0 Å². The summed E-state index contributed by atoms with van der Waals surface area (Å²) in [5, 5.41) is 0. The summed E-state index contributed by atoms with van der Waals surface area (Å²) in [5.41, 5.74) is 0. The molecule has 0 amide bonds. The summed E-state index contributed by atoms with van der Waals surface area (Å²) in [6, 6.07) is 0. The molecule has 1 atom stereocenters. The quantitative estimate of drug-likeness (QED) is 0.198. The van der Waals surface area contributed by atoms with Crippen molar-refractivity contribution in [1.82, 2.24) is 0 Å². The maximum Gasteiger partial charge on any atom is 0.158 e. The summed E-state index contributed by atoms with van der Waals surface area (Å²) < 4.78 is 5.48. The summed E-state index contributed by atoms with van der Waals surface area (Å²) in [5.74, 6) is 5.82. The number of ether oxygens (including phenoxy) is 1. The number of rotatable bonds is 10. The van der Waals surface area contributed by atoms with Crippen molar-refractivity contribution < 1.29 is 24.3 Å². The molecule has 0 rings (SSSR count). The SMILES string of the molecule is CCCCC(C#CCOOC)O/C=C/COOC. The van der Waals surface area contributed by atoms with Gasteiger partial charge in [-0.2, -0.15) is 0 Å². The van der Waals surface area contributed by atoms with E-state index < -0.39 is 0 Å². The van der Waals surface area contributed by atoms with Crippen molar-refractivity contribution in [2.24, 2.45) is 0 Å². The highest BCUT2D eigenvalue weighted by molar-refractivity contribution is 5.06. The molecule has 0 fully saturated rings. The van der Waals surface area contributed by atoms with E-state index >= 15 is 0 Å². The molecule has 0 bridgehead atoms. The highest BCUT2D eigenvalue weighted by Gasteiger charge is 2.02. The molecule has 0 spiro atoms. The minimum Gasteiger partial charge on any atom is -0.486 e. The molecule has 18 heavy (non-hydrogen) atoms. The lowest BCUT2D eigenvalue weighted by Gasteiger charge is -2.09. The van der Waals surface area contributed by atoms with Crippen LogP contribution in [0.5, 0.6) is 0 Å². The van der Waals surface area contributed by atoms with Gasteiger partial charge in [0.05, 0.1) is 20.5 Å². The Labute approximate surface area is 109 Å². The van der Waals surface area contributed by atoms with Crippen molar-refractivity contribution in [3.63, 3.8) is 0 Å². The second-order valence-electron chi connectivity index (χ2n) is 3.34. The largest absolute Gasteiger partial charge is 0.486 e. The third-order valence-corrected chi connectivity index (χ3v) is 1.95. The first-order valence-corrected chi connectivity index (χ1v) is 5.95. The molecular formula is C13H22O5. The topological polar surface area (TPSA) is 46.2 Å². The van der Waals surface area contributed by atoms with Gasteiger partial charge in [0.25, 0.3) is 0 Å². The Bertz CT molecular complexity index is 254. The van der Waals surface area contributed by atoms with E-state index in [1.54, 1.807) is 12.3 Å². The minimum atomic E-state index is -0.135. The Morgan fingerprint density at radius 3 is 2.61 bits per heavy atom. The lowest BCUT2D eigenvalue weighted by molar-refractivity contribution is -0.263. The fraction of sp³-hybridized carbons (Fsp3) is 0.692. The van der Waals surface area contributed by atoms with Crippen LogP contribution in [0.4, 0.5) is 0 Å². The third-order valence-electron chi connectivity index (χ3n) is 1.95. The van der Waals surface area contributed by atoms with Crippen molar-refractivity contribution in [1.29, 1.82) is 0 Å². The van der Waals surface area contributed by atoms with Gasteiger partial charge < -0.3 is 4.74 Å². The fourth-order valence-corrected chi connectivity index (χ4v) is 1.10.